The van der Waals surface area contributed by atoms with E-state index in [1.54, 1.807) is 0 Å². The molecule has 27 heavy (non-hydrogen) atoms. The average Bonchev–Trinajstić information content (AvgIpc) is 2.44. The van der Waals surface area contributed by atoms with Crippen molar-refractivity contribution in [2.45, 2.75) is 72.3 Å². The van der Waals surface area contributed by atoms with Crippen LogP contribution in [0, 0.1) is 0 Å². The molecule has 1 rings (SSSR count). The fourth-order valence-corrected chi connectivity index (χ4v) is 108. The number of hydrogen-bond acceptors (Lipinski definition) is 2. The van der Waals surface area contributed by atoms with Gasteiger partial charge in [0.2, 0.25) is 0 Å². The molecular formula is C21H40O2Si4. The first-order chi connectivity index (χ1) is 12.2. The van der Waals surface area contributed by atoms with Gasteiger partial charge in [-0.2, -0.15) is 0 Å². The van der Waals surface area contributed by atoms with Crippen molar-refractivity contribution in [3.05, 3.63) is 47.2 Å². The smallest absolute Gasteiger partial charge is 0.330 e. The molecule has 0 amide bonds. The highest BCUT2D eigenvalue weighted by atomic mass is 29.9. The van der Waals surface area contributed by atoms with Crippen LogP contribution in [0.2, 0.25) is 58.9 Å². The zero-order valence-electron chi connectivity index (χ0n) is 19.2. The SMILES string of the molecule is CCOC(=O)/C=C(\Cc1ccccc1)[Si]([Si](C)(C)C)([Si](C)(C)C)[Si](C)(C)C. The van der Waals surface area contributed by atoms with E-state index in [4.69, 9.17) is 4.74 Å². The first-order valence-electron chi connectivity index (χ1n) is 10.1. The van der Waals surface area contributed by atoms with E-state index in [1.807, 2.05) is 13.0 Å². The number of carbonyl (C=O) groups is 1. The normalized spacial score (nSPS) is 14.2. The first kappa shape index (κ1) is 24.3. The highest BCUT2D eigenvalue weighted by Crippen LogP contribution is 2.43. The fourth-order valence-electron chi connectivity index (χ4n) is 6.25. The molecule has 0 unspecified atom stereocenters. The van der Waals surface area contributed by atoms with E-state index in [1.165, 1.54) is 10.8 Å². The van der Waals surface area contributed by atoms with Gasteiger partial charge in [0, 0.05) is 28.9 Å². The maximum absolute atomic E-state index is 12.6. The van der Waals surface area contributed by atoms with Crippen LogP contribution in [0.1, 0.15) is 12.5 Å². The number of esters is 1. The van der Waals surface area contributed by atoms with Crippen LogP contribution in [0.3, 0.4) is 0 Å². The molecule has 0 radical (unpaired) electrons. The molecule has 0 aliphatic carbocycles. The molecule has 0 spiro atoms. The van der Waals surface area contributed by atoms with Gasteiger partial charge in [-0.05, 0) is 18.9 Å². The molecule has 0 aliphatic heterocycles. The van der Waals surface area contributed by atoms with Gasteiger partial charge in [-0.25, -0.2) is 4.79 Å². The lowest BCUT2D eigenvalue weighted by Gasteiger charge is -2.59. The van der Waals surface area contributed by atoms with Crippen molar-refractivity contribution in [2.24, 2.45) is 0 Å². The summed E-state index contributed by atoms with van der Waals surface area (Å²) in [5, 5.41) is 1.48. The molecule has 0 aromatic heterocycles. The number of hydrogen-bond donors (Lipinski definition) is 0. The van der Waals surface area contributed by atoms with E-state index >= 15 is 0 Å². The van der Waals surface area contributed by atoms with E-state index in [-0.39, 0.29) is 5.97 Å². The highest BCUT2D eigenvalue weighted by Gasteiger charge is 2.63. The number of rotatable bonds is 8. The van der Waals surface area contributed by atoms with Gasteiger partial charge in [-0.1, -0.05) is 94.5 Å². The largest absolute Gasteiger partial charge is 0.463 e. The average molecular weight is 437 g/mol. The van der Waals surface area contributed by atoms with Crippen LogP contribution in [0.25, 0.3) is 0 Å². The summed E-state index contributed by atoms with van der Waals surface area (Å²) in [5.74, 6) is -0.143. The van der Waals surface area contributed by atoms with Crippen molar-refractivity contribution < 1.29 is 9.53 Å². The fraction of sp³-hybridized carbons (Fsp3) is 0.571. The van der Waals surface area contributed by atoms with Gasteiger partial charge in [-0.3, -0.25) is 0 Å². The van der Waals surface area contributed by atoms with Gasteiger partial charge < -0.3 is 4.74 Å². The summed E-state index contributed by atoms with van der Waals surface area (Å²) >= 11 is 0. The third-order valence-corrected chi connectivity index (χ3v) is 77.3. The molecule has 6 heteroatoms. The Labute approximate surface area is 170 Å². The highest BCUT2D eigenvalue weighted by molar-refractivity contribution is 7.91. The van der Waals surface area contributed by atoms with E-state index in [9.17, 15) is 4.79 Å². The predicted octanol–water partition coefficient (Wildman–Crippen LogP) is 5.96. The summed E-state index contributed by atoms with van der Waals surface area (Å²) in [5.41, 5.74) is 1.32. The second-order valence-electron chi connectivity index (χ2n) is 10.6. The van der Waals surface area contributed by atoms with E-state index in [2.05, 4.69) is 89.3 Å². The van der Waals surface area contributed by atoms with Crippen molar-refractivity contribution >= 4 is 35.4 Å². The molecule has 0 bridgehead atoms. The number of benzene rings is 1. The first-order valence-corrected chi connectivity index (χ1v) is 25.6. The Hall–Kier alpha value is -0.702. The van der Waals surface area contributed by atoms with Crippen LogP contribution in [-0.4, -0.2) is 42.0 Å². The summed E-state index contributed by atoms with van der Waals surface area (Å²) in [7, 11) is -4.58. The summed E-state index contributed by atoms with van der Waals surface area (Å²) in [4.78, 5) is 12.6. The maximum Gasteiger partial charge on any atom is 0.330 e. The molecule has 0 fully saturated rings. The van der Waals surface area contributed by atoms with Crippen molar-refractivity contribution in [2.75, 3.05) is 6.61 Å². The molecule has 1 aromatic rings. The minimum absolute atomic E-state index is 0.143. The Morgan fingerprint density at radius 2 is 1.30 bits per heavy atom. The third kappa shape index (κ3) is 5.22. The molecule has 0 heterocycles. The Kier molecular flexibility index (Phi) is 7.89. The van der Waals surface area contributed by atoms with Crippen LogP contribution in [0.15, 0.2) is 41.6 Å². The van der Waals surface area contributed by atoms with Gasteiger partial charge in [-0.15, -0.1) is 0 Å². The van der Waals surface area contributed by atoms with Gasteiger partial charge in [0.15, 0.2) is 0 Å². The van der Waals surface area contributed by atoms with Gasteiger partial charge in [0.25, 0.3) is 0 Å². The zero-order chi connectivity index (χ0) is 21.1. The molecule has 0 saturated carbocycles. The lowest BCUT2D eigenvalue weighted by molar-refractivity contribution is -0.137. The number of carbonyl (C=O) groups excluding carboxylic acids is 1. The molecule has 0 saturated heterocycles. The maximum atomic E-state index is 12.6. The van der Waals surface area contributed by atoms with Crippen molar-refractivity contribution in [1.82, 2.24) is 0 Å². The zero-order valence-corrected chi connectivity index (χ0v) is 23.2. The second kappa shape index (κ2) is 8.76. The molecule has 0 aliphatic rings. The Morgan fingerprint density at radius 3 is 1.67 bits per heavy atom. The third-order valence-electron chi connectivity index (χ3n) is 5.67. The minimum atomic E-state index is -1.83. The molecule has 2 nitrogen and oxygen atoms in total. The molecular weight excluding hydrogens is 397 g/mol. The van der Waals surface area contributed by atoms with E-state index in [0.29, 0.717) is 6.61 Å². The van der Waals surface area contributed by atoms with Crippen LogP contribution in [0.5, 0.6) is 0 Å². The summed E-state index contributed by atoms with van der Waals surface area (Å²) in [6.07, 6.45) is 2.85. The van der Waals surface area contributed by atoms with Gasteiger partial charge in [0.05, 0.1) is 13.2 Å². The van der Waals surface area contributed by atoms with E-state index < -0.39 is 29.4 Å². The summed E-state index contributed by atoms with van der Waals surface area (Å²) < 4.78 is 5.40. The Morgan fingerprint density at radius 1 is 0.852 bits per heavy atom. The topological polar surface area (TPSA) is 26.3 Å². The van der Waals surface area contributed by atoms with Crippen molar-refractivity contribution in [3.63, 3.8) is 0 Å². The second-order valence-corrected chi connectivity index (χ2v) is 51.0. The molecule has 0 atom stereocenters. The molecule has 152 valence electrons. The summed E-state index contributed by atoms with van der Waals surface area (Å²) in [6, 6.07) is 10.7. The quantitative estimate of drug-likeness (QED) is 0.285. The molecule has 1 aromatic carbocycles. The number of allylic oxidation sites excluding steroid dienone is 1. The van der Waals surface area contributed by atoms with E-state index in [0.717, 1.165) is 6.42 Å². The van der Waals surface area contributed by atoms with Crippen LogP contribution < -0.4 is 0 Å². The Balaban J connectivity index is 3.81. The lowest BCUT2D eigenvalue weighted by Crippen LogP contribution is -2.84. The minimum Gasteiger partial charge on any atom is -0.463 e. The van der Waals surface area contributed by atoms with Crippen LogP contribution >= 0.6 is 0 Å². The lowest BCUT2D eigenvalue weighted by atomic mass is 10.1. The monoisotopic (exact) mass is 436 g/mol. The van der Waals surface area contributed by atoms with Crippen molar-refractivity contribution in [3.8, 4) is 0 Å². The predicted molar refractivity (Wildman–Crippen MR) is 131 cm³/mol. The standard InChI is InChI=1S/C21H40O2Si4/c1-11-23-21(22)18-20(17-19-15-13-12-14-16-19)27(24(2,3)4,25(5,6)7)26(8,9)10/h12-16,18H,11,17H2,1-10H3/b20-18+. The molecule has 0 N–H and O–H groups in total. The van der Waals surface area contributed by atoms with Crippen LogP contribution in [-0.2, 0) is 16.0 Å². The van der Waals surface area contributed by atoms with Crippen molar-refractivity contribution in [1.29, 1.82) is 0 Å². The summed E-state index contributed by atoms with van der Waals surface area (Å²) in [6.45, 7) is 23.6. The Bertz CT molecular complexity index is 626. The van der Waals surface area contributed by atoms with Gasteiger partial charge in [0.1, 0.15) is 0 Å². The van der Waals surface area contributed by atoms with Crippen LogP contribution in [0.4, 0.5) is 0 Å². The van der Waals surface area contributed by atoms with Gasteiger partial charge >= 0.3 is 5.97 Å². The number of ether oxygens (including phenoxy) is 1.